The molecule has 144 valence electrons. The lowest BCUT2D eigenvalue weighted by atomic mass is 9.59. The summed E-state index contributed by atoms with van der Waals surface area (Å²) >= 11 is 0. The molecule has 1 aromatic heterocycles. The summed E-state index contributed by atoms with van der Waals surface area (Å²) in [6.07, 6.45) is 3.56. The lowest BCUT2D eigenvalue weighted by Crippen LogP contribution is -2.59. The second-order valence-corrected chi connectivity index (χ2v) is 8.56. The van der Waals surface area contributed by atoms with Crippen molar-refractivity contribution in [2.75, 3.05) is 6.54 Å². The molecule has 0 spiro atoms. The Morgan fingerprint density at radius 2 is 2.18 bits per heavy atom. The van der Waals surface area contributed by atoms with Crippen molar-refractivity contribution in [1.29, 1.82) is 0 Å². The van der Waals surface area contributed by atoms with E-state index in [0.717, 1.165) is 36.0 Å². The van der Waals surface area contributed by atoms with Gasteiger partial charge in [-0.25, -0.2) is 4.98 Å². The lowest BCUT2D eigenvalue weighted by Gasteiger charge is -2.54. The van der Waals surface area contributed by atoms with Crippen LogP contribution in [0.15, 0.2) is 42.7 Å². The first kappa shape index (κ1) is 17.4. The van der Waals surface area contributed by atoms with Crippen LogP contribution >= 0.6 is 0 Å². The van der Waals surface area contributed by atoms with E-state index in [4.69, 9.17) is 5.73 Å². The van der Waals surface area contributed by atoms with Crippen molar-refractivity contribution in [3.05, 3.63) is 65.0 Å². The molecule has 2 aliphatic rings. The summed E-state index contributed by atoms with van der Waals surface area (Å²) in [7, 11) is 0. The summed E-state index contributed by atoms with van der Waals surface area (Å²) in [4.78, 5) is 22.9. The summed E-state index contributed by atoms with van der Waals surface area (Å²) in [5, 5.41) is 0. The van der Waals surface area contributed by atoms with Crippen molar-refractivity contribution >= 4 is 16.9 Å². The van der Waals surface area contributed by atoms with Crippen LogP contribution in [0.5, 0.6) is 0 Å². The second-order valence-electron chi connectivity index (χ2n) is 8.56. The highest BCUT2D eigenvalue weighted by atomic mass is 16.2. The number of nitrogens with two attached hydrogens (primary N) is 1. The molecule has 1 amide bonds. The summed E-state index contributed by atoms with van der Waals surface area (Å²) in [5.74, 6) is 0.527. The smallest absolute Gasteiger partial charge is 0.254 e. The molecule has 1 aliphatic carbocycles. The van der Waals surface area contributed by atoms with Gasteiger partial charge in [-0.15, -0.1) is 0 Å². The molecule has 0 radical (unpaired) electrons. The Kier molecular flexibility index (Phi) is 3.85. The van der Waals surface area contributed by atoms with Gasteiger partial charge in [-0.3, -0.25) is 4.79 Å². The zero-order chi connectivity index (χ0) is 19.5. The van der Waals surface area contributed by atoms with E-state index in [9.17, 15) is 4.79 Å². The van der Waals surface area contributed by atoms with E-state index in [1.807, 2.05) is 18.2 Å². The third-order valence-corrected chi connectivity index (χ3v) is 7.24. The Morgan fingerprint density at radius 1 is 1.32 bits per heavy atom. The van der Waals surface area contributed by atoms with Gasteiger partial charge >= 0.3 is 0 Å². The highest BCUT2D eigenvalue weighted by molar-refractivity contribution is 5.97. The fraction of sp³-hybridized carbons (Fsp3) is 0.391. The maximum absolute atomic E-state index is 13.4. The number of amides is 1. The summed E-state index contributed by atoms with van der Waals surface area (Å²) in [6, 6.07) is 12.6. The normalized spacial score (nSPS) is 26.3. The van der Waals surface area contributed by atoms with Crippen LogP contribution in [0, 0.1) is 5.92 Å². The van der Waals surface area contributed by atoms with Crippen molar-refractivity contribution in [3.8, 4) is 0 Å². The van der Waals surface area contributed by atoms with Gasteiger partial charge in [0.05, 0.1) is 17.4 Å². The zero-order valence-electron chi connectivity index (χ0n) is 16.4. The molecule has 5 nitrogen and oxygen atoms in total. The minimum atomic E-state index is 0.0908. The molecule has 2 heterocycles. The van der Waals surface area contributed by atoms with Crippen LogP contribution in [-0.4, -0.2) is 33.4 Å². The van der Waals surface area contributed by atoms with Crippen LogP contribution in [0.2, 0.25) is 0 Å². The van der Waals surface area contributed by atoms with Crippen LogP contribution in [0.25, 0.3) is 11.0 Å². The molecule has 28 heavy (non-hydrogen) atoms. The summed E-state index contributed by atoms with van der Waals surface area (Å²) < 4.78 is 0. The Balaban J connectivity index is 1.51. The third-order valence-electron chi connectivity index (χ3n) is 7.24. The first-order chi connectivity index (χ1) is 13.5. The topological polar surface area (TPSA) is 75.0 Å². The van der Waals surface area contributed by atoms with E-state index in [2.05, 4.69) is 46.9 Å². The molecule has 3 atom stereocenters. The van der Waals surface area contributed by atoms with E-state index < -0.39 is 0 Å². The van der Waals surface area contributed by atoms with E-state index in [-0.39, 0.29) is 17.4 Å². The Hall–Kier alpha value is -2.66. The minimum absolute atomic E-state index is 0.0908. The Bertz CT molecular complexity index is 1070. The number of nitrogens with zero attached hydrogens (tertiary/aromatic N) is 2. The quantitative estimate of drug-likeness (QED) is 0.722. The molecule has 2 aromatic carbocycles. The molecule has 0 saturated carbocycles. The molecule has 1 saturated heterocycles. The number of H-pyrrole nitrogens is 1. The van der Waals surface area contributed by atoms with Crippen LogP contribution in [0.1, 0.15) is 47.3 Å². The van der Waals surface area contributed by atoms with Gasteiger partial charge in [0.25, 0.3) is 5.91 Å². The van der Waals surface area contributed by atoms with Crippen molar-refractivity contribution in [2.45, 2.75) is 44.7 Å². The van der Waals surface area contributed by atoms with E-state index in [0.29, 0.717) is 12.5 Å². The van der Waals surface area contributed by atoms with Gasteiger partial charge in [-0.05, 0) is 59.1 Å². The number of aromatic nitrogens is 2. The van der Waals surface area contributed by atoms with E-state index >= 15 is 0 Å². The average Bonchev–Trinajstić information content (AvgIpc) is 3.18. The van der Waals surface area contributed by atoms with Gasteiger partial charge in [0, 0.05) is 24.7 Å². The predicted octanol–water partition coefficient (Wildman–Crippen LogP) is 3.39. The van der Waals surface area contributed by atoms with Gasteiger partial charge < -0.3 is 15.6 Å². The Labute approximate surface area is 164 Å². The first-order valence-corrected chi connectivity index (χ1v) is 10.1. The molecule has 3 N–H and O–H groups in total. The number of benzene rings is 2. The average molecular weight is 374 g/mol. The van der Waals surface area contributed by atoms with Crippen molar-refractivity contribution in [1.82, 2.24) is 14.9 Å². The maximum atomic E-state index is 13.4. The van der Waals surface area contributed by atoms with Gasteiger partial charge in [0.1, 0.15) is 0 Å². The third kappa shape index (κ3) is 2.42. The largest absolute Gasteiger partial charge is 0.345 e. The highest BCUT2D eigenvalue weighted by Crippen LogP contribution is 2.49. The van der Waals surface area contributed by atoms with Crippen molar-refractivity contribution in [3.63, 3.8) is 0 Å². The molecule has 5 rings (SSSR count). The number of imidazole rings is 1. The molecule has 1 fully saturated rings. The fourth-order valence-corrected chi connectivity index (χ4v) is 5.28. The van der Waals surface area contributed by atoms with Crippen LogP contribution < -0.4 is 5.73 Å². The fourth-order valence-electron chi connectivity index (χ4n) is 5.28. The van der Waals surface area contributed by atoms with Gasteiger partial charge in [-0.1, -0.05) is 32.0 Å². The maximum Gasteiger partial charge on any atom is 0.254 e. The van der Waals surface area contributed by atoms with Crippen molar-refractivity contribution < 1.29 is 4.79 Å². The number of carbonyl (C=O) groups excluding carboxylic acids is 1. The molecule has 3 aromatic rings. The predicted molar refractivity (Wildman–Crippen MR) is 110 cm³/mol. The van der Waals surface area contributed by atoms with E-state index in [1.54, 1.807) is 6.33 Å². The second kappa shape index (κ2) is 6.17. The van der Waals surface area contributed by atoms with Crippen molar-refractivity contribution in [2.24, 2.45) is 11.7 Å². The highest BCUT2D eigenvalue weighted by Gasteiger charge is 2.49. The number of fused-ring (bicyclic) bond motifs is 5. The molecule has 5 heteroatoms. The van der Waals surface area contributed by atoms with Gasteiger partial charge in [-0.2, -0.15) is 0 Å². The molecular weight excluding hydrogens is 348 g/mol. The standard InChI is InChI=1S/C23H26N4O/c1-14-21-11-16-4-3-15(12-24)9-18(16)23(14,2)7-8-27(21)22(28)17-5-6-19-20(10-17)26-13-25-19/h3-6,9-10,13-14,21H,7-8,11-12,24H2,1-2H3,(H,25,26). The van der Waals surface area contributed by atoms with Crippen LogP contribution in [0.4, 0.5) is 0 Å². The zero-order valence-corrected chi connectivity index (χ0v) is 16.4. The monoisotopic (exact) mass is 374 g/mol. The number of nitrogens with one attached hydrogen (secondary N) is 1. The number of rotatable bonds is 2. The summed E-state index contributed by atoms with van der Waals surface area (Å²) in [5.41, 5.74) is 12.5. The number of carbonyl (C=O) groups is 1. The number of likely N-dealkylation sites (tertiary alicyclic amines) is 1. The molecular formula is C23H26N4O. The number of aromatic amines is 1. The van der Waals surface area contributed by atoms with E-state index in [1.165, 1.54) is 16.7 Å². The molecule has 2 bridgehead atoms. The van der Waals surface area contributed by atoms with Crippen LogP contribution in [-0.2, 0) is 18.4 Å². The summed E-state index contributed by atoms with van der Waals surface area (Å²) in [6.45, 7) is 6.03. The van der Waals surface area contributed by atoms with Crippen LogP contribution in [0.3, 0.4) is 0 Å². The number of piperidine rings is 1. The SMILES string of the molecule is CC1C2Cc3ccc(CN)cc3C1(C)CCN2C(=O)c1ccc2nc[nH]c2c1. The van der Waals surface area contributed by atoms with Gasteiger partial charge in [0.15, 0.2) is 0 Å². The minimum Gasteiger partial charge on any atom is -0.345 e. The Morgan fingerprint density at radius 3 is 3.00 bits per heavy atom. The first-order valence-electron chi connectivity index (χ1n) is 10.1. The van der Waals surface area contributed by atoms with Gasteiger partial charge in [0.2, 0.25) is 0 Å². The lowest BCUT2D eigenvalue weighted by molar-refractivity contribution is 0.0250. The number of hydrogen-bond acceptors (Lipinski definition) is 3. The molecule has 1 aliphatic heterocycles. The number of hydrogen-bond donors (Lipinski definition) is 2. The molecule has 3 unspecified atom stereocenters.